The number of nitrogens with zero attached hydrogens (tertiary/aromatic N) is 2. The average Bonchev–Trinajstić information content (AvgIpc) is 2.71. The summed E-state index contributed by atoms with van der Waals surface area (Å²) >= 11 is 0. The minimum absolute atomic E-state index is 0.0698. The molecule has 27 heavy (non-hydrogen) atoms. The number of ether oxygens (including phenoxy) is 3. The molecular weight excluding hydrogens is 347 g/mol. The van der Waals surface area contributed by atoms with E-state index in [4.69, 9.17) is 14.2 Å². The average molecular weight is 372 g/mol. The van der Waals surface area contributed by atoms with Crippen molar-refractivity contribution >= 4 is 5.69 Å². The van der Waals surface area contributed by atoms with Gasteiger partial charge in [-0.25, -0.2) is 4.39 Å². The second-order valence-corrected chi connectivity index (χ2v) is 6.94. The van der Waals surface area contributed by atoms with Gasteiger partial charge in [-0.1, -0.05) is 0 Å². The third kappa shape index (κ3) is 4.17. The van der Waals surface area contributed by atoms with Crippen molar-refractivity contribution in [1.29, 1.82) is 0 Å². The number of hydrogen-bond acceptors (Lipinski definition) is 5. The van der Waals surface area contributed by atoms with E-state index in [-0.39, 0.29) is 18.0 Å². The Morgan fingerprint density at radius 3 is 2.33 bits per heavy atom. The highest BCUT2D eigenvalue weighted by Crippen LogP contribution is 2.32. The molecule has 2 aromatic carbocycles. The number of rotatable bonds is 6. The first-order valence-electron chi connectivity index (χ1n) is 9.36. The molecule has 0 saturated carbocycles. The van der Waals surface area contributed by atoms with Crippen LogP contribution in [-0.2, 0) is 4.74 Å². The normalized spacial score (nSPS) is 23.0. The zero-order valence-electron chi connectivity index (χ0n) is 15.5. The summed E-state index contributed by atoms with van der Waals surface area (Å²) in [4.78, 5) is 4.79. The van der Waals surface area contributed by atoms with Crippen LogP contribution >= 0.6 is 0 Å². The second kappa shape index (κ2) is 8.15. The van der Waals surface area contributed by atoms with E-state index in [2.05, 4.69) is 21.9 Å². The molecular formula is C21H25FN2O3. The van der Waals surface area contributed by atoms with Crippen LogP contribution in [0.2, 0.25) is 0 Å². The molecule has 144 valence electrons. The molecule has 0 amide bonds. The lowest BCUT2D eigenvalue weighted by molar-refractivity contribution is 0.0170. The van der Waals surface area contributed by atoms with Gasteiger partial charge in [0, 0.05) is 25.3 Å². The highest BCUT2D eigenvalue weighted by Gasteiger charge is 2.42. The molecule has 0 unspecified atom stereocenters. The van der Waals surface area contributed by atoms with Crippen molar-refractivity contribution in [2.75, 3.05) is 51.4 Å². The molecule has 0 bridgehead atoms. The van der Waals surface area contributed by atoms with Crippen LogP contribution in [0.15, 0.2) is 48.5 Å². The van der Waals surface area contributed by atoms with Gasteiger partial charge in [0.1, 0.15) is 23.4 Å². The number of halogens is 1. The molecule has 2 saturated heterocycles. The summed E-state index contributed by atoms with van der Waals surface area (Å²) in [7, 11) is 1.67. The van der Waals surface area contributed by atoms with Crippen LogP contribution in [0.1, 0.15) is 0 Å². The Morgan fingerprint density at radius 2 is 1.67 bits per heavy atom. The minimum Gasteiger partial charge on any atom is -0.497 e. The van der Waals surface area contributed by atoms with E-state index in [1.54, 1.807) is 19.2 Å². The van der Waals surface area contributed by atoms with Crippen LogP contribution in [0, 0.1) is 5.82 Å². The monoisotopic (exact) mass is 372 g/mol. The Morgan fingerprint density at radius 1 is 1.00 bits per heavy atom. The van der Waals surface area contributed by atoms with Crippen LogP contribution in [0.3, 0.4) is 0 Å². The lowest BCUT2D eigenvalue weighted by Crippen LogP contribution is -2.67. The zero-order valence-corrected chi connectivity index (χ0v) is 15.5. The second-order valence-electron chi connectivity index (χ2n) is 6.94. The number of morpholine rings is 1. The van der Waals surface area contributed by atoms with E-state index in [0.29, 0.717) is 5.75 Å². The fraction of sp³-hybridized carbons (Fsp3) is 0.429. The lowest BCUT2D eigenvalue weighted by atomic mass is 9.96. The van der Waals surface area contributed by atoms with E-state index in [1.165, 1.54) is 12.1 Å². The molecule has 0 spiro atoms. The molecule has 0 N–H and O–H groups in total. The summed E-state index contributed by atoms with van der Waals surface area (Å²) in [5, 5.41) is 0. The standard InChI is InChI=1S/C21H25FN2O3/c1-25-18-8-4-17(5-9-18)24-15-21(27-19-6-2-16(22)3-7-19)20(24)14-23-10-12-26-13-11-23/h2-9,20-21H,10-15H2,1H3/t20-,21-/m1/s1. The molecule has 2 aliphatic rings. The first kappa shape index (κ1) is 18.1. The summed E-state index contributed by atoms with van der Waals surface area (Å²) in [5.41, 5.74) is 1.16. The lowest BCUT2D eigenvalue weighted by Gasteiger charge is -2.50. The molecule has 4 rings (SSSR count). The fourth-order valence-electron chi connectivity index (χ4n) is 3.65. The van der Waals surface area contributed by atoms with Gasteiger partial charge in [-0.2, -0.15) is 0 Å². The van der Waals surface area contributed by atoms with Crippen molar-refractivity contribution in [3.05, 3.63) is 54.3 Å². The maximum atomic E-state index is 13.2. The van der Waals surface area contributed by atoms with Gasteiger partial charge in [-0.3, -0.25) is 4.90 Å². The Bertz CT molecular complexity index is 732. The van der Waals surface area contributed by atoms with Crippen molar-refractivity contribution in [3.8, 4) is 11.5 Å². The maximum absolute atomic E-state index is 13.2. The van der Waals surface area contributed by atoms with Gasteiger partial charge in [0.25, 0.3) is 0 Å². The van der Waals surface area contributed by atoms with Crippen molar-refractivity contribution in [1.82, 2.24) is 4.90 Å². The molecule has 0 aromatic heterocycles. The van der Waals surface area contributed by atoms with Crippen LogP contribution < -0.4 is 14.4 Å². The predicted octanol–water partition coefficient (Wildman–Crippen LogP) is 2.80. The fourth-order valence-corrected chi connectivity index (χ4v) is 3.65. The highest BCUT2D eigenvalue weighted by atomic mass is 19.1. The Hall–Kier alpha value is -2.31. The van der Waals surface area contributed by atoms with Crippen molar-refractivity contribution in [2.45, 2.75) is 12.1 Å². The third-order valence-electron chi connectivity index (χ3n) is 5.26. The number of anilines is 1. The molecule has 0 aliphatic carbocycles. The quantitative estimate of drug-likeness (QED) is 0.779. The van der Waals surface area contributed by atoms with Crippen LogP contribution in [0.25, 0.3) is 0 Å². The molecule has 6 heteroatoms. The molecule has 2 aromatic rings. The largest absolute Gasteiger partial charge is 0.497 e. The van der Waals surface area contributed by atoms with Crippen molar-refractivity contribution in [3.63, 3.8) is 0 Å². The van der Waals surface area contributed by atoms with Gasteiger partial charge in [-0.15, -0.1) is 0 Å². The van der Waals surface area contributed by atoms with E-state index >= 15 is 0 Å². The summed E-state index contributed by atoms with van der Waals surface area (Å²) in [6.45, 7) is 5.16. The SMILES string of the molecule is COc1ccc(N2C[C@@H](Oc3ccc(F)cc3)[C@H]2CN2CCOCC2)cc1. The summed E-state index contributed by atoms with van der Waals surface area (Å²) in [6.07, 6.45) is 0.0698. The Labute approximate surface area is 159 Å². The molecule has 2 heterocycles. The van der Waals surface area contributed by atoms with Crippen LogP contribution in [0.4, 0.5) is 10.1 Å². The Kier molecular flexibility index (Phi) is 5.45. The van der Waals surface area contributed by atoms with Gasteiger partial charge in [0.2, 0.25) is 0 Å². The number of benzene rings is 2. The number of methoxy groups -OCH3 is 1. The zero-order chi connectivity index (χ0) is 18.6. The van der Waals surface area contributed by atoms with E-state index in [0.717, 1.165) is 50.8 Å². The molecule has 2 fully saturated rings. The number of hydrogen-bond donors (Lipinski definition) is 0. The minimum atomic E-state index is -0.249. The van der Waals surface area contributed by atoms with Crippen LogP contribution in [0.5, 0.6) is 11.5 Å². The summed E-state index contributed by atoms with van der Waals surface area (Å²) in [6, 6.07) is 14.6. The summed E-state index contributed by atoms with van der Waals surface area (Å²) < 4.78 is 30.1. The third-order valence-corrected chi connectivity index (χ3v) is 5.26. The van der Waals surface area contributed by atoms with E-state index in [1.807, 2.05) is 12.1 Å². The van der Waals surface area contributed by atoms with Crippen molar-refractivity contribution in [2.24, 2.45) is 0 Å². The molecule has 5 nitrogen and oxygen atoms in total. The van der Waals surface area contributed by atoms with Crippen molar-refractivity contribution < 1.29 is 18.6 Å². The first-order valence-corrected chi connectivity index (χ1v) is 9.36. The smallest absolute Gasteiger partial charge is 0.138 e. The van der Waals surface area contributed by atoms with E-state index < -0.39 is 0 Å². The van der Waals surface area contributed by atoms with Gasteiger partial charge < -0.3 is 19.1 Å². The predicted molar refractivity (Wildman–Crippen MR) is 102 cm³/mol. The molecule has 2 aliphatic heterocycles. The topological polar surface area (TPSA) is 34.2 Å². The maximum Gasteiger partial charge on any atom is 0.138 e. The highest BCUT2D eigenvalue weighted by molar-refractivity contribution is 5.53. The van der Waals surface area contributed by atoms with Gasteiger partial charge in [0.15, 0.2) is 0 Å². The summed E-state index contributed by atoms with van der Waals surface area (Å²) in [5.74, 6) is 1.31. The molecule has 0 radical (unpaired) electrons. The van der Waals surface area contributed by atoms with Gasteiger partial charge >= 0.3 is 0 Å². The van der Waals surface area contributed by atoms with Gasteiger partial charge in [0.05, 0.1) is 32.9 Å². The van der Waals surface area contributed by atoms with E-state index in [9.17, 15) is 4.39 Å². The van der Waals surface area contributed by atoms with Crippen LogP contribution in [-0.4, -0.2) is 63.5 Å². The first-order chi connectivity index (χ1) is 13.2. The molecule has 2 atom stereocenters. The van der Waals surface area contributed by atoms with Gasteiger partial charge in [-0.05, 0) is 48.5 Å². The Balaban J connectivity index is 1.47.